The molecule has 0 fully saturated rings. The van der Waals surface area contributed by atoms with E-state index in [9.17, 15) is 14.7 Å². The van der Waals surface area contributed by atoms with Gasteiger partial charge < -0.3 is 19.7 Å². The fourth-order valence-corrected chi connectivity index (χ4v) is 3.06. The van der Waals surface area contributed by atoms with Crippen molar-refractivity contribution in [1.82, 2.24) is 0 Å². The number of phenolic OH excluding ortho intramolecular Hbond substituents is 1. The fraction of sp³-hybridized carbons (Fsp3) is 0.273. The molecule has 0 aliphatic heterocycles. The van der Waals surface area contributed by atoms with Crippen LogP contribution in [0.2, 0.25) is 0 Å². The van der Waals surface area contributed by atoms with Gasteiger partial charge in [-0.3, -0.25) is 5.32 Å². The highest BCUT2D eigenvalue weighted by atomic mass is 79.9. The van der Waals surface area contributed by atoms with Crippen LogP contribution in [-0.2, 0) is 14.3 Å². The molecule has 0 bridgehead atoms. The van der Waals surface area contributed by atoms with Gasteiger partial charge in [0.25, 0.3) is 0 Å². The lowest BCUT2D eigenvalue weighted by atomic mass is 10.00. The molecule has 1 amide bonds. The molecule has 0 spiro atoms. The molecule has 8 heteroatoms. The highest BCUT2D eigenvalue weighted by Crippen LogP contribution is 2.29. The van der Waals surface area contributed by atoms with Crippen LogP contribution in [0.1, 0.15) is 31.4 Å². The molecule has 0 heterocycles. The standard InChI is InChI=1S/C22H24BrNO6/c1-2-29-19(5-3-4-6-20(26)27)21(15-7-13-18(25)14-8-15)30-22(28)24-17-11-9-16(23)10-12-17/h4,6-14,19,21,25H,2-3,5H2,1H3,(H,24,28)(H,26,27)/b6-4+/t19-,21-/m0/s1. The van der Waals surface area contributed by atoms with Crippen LogP contribution in [0.5, 0.6) is 5.75 Å². The van der Waals surface area contributed by atoms with Gasteiger partial charge in [0.05, 0.1) is 6.10 Å². The van der Waals surface area contributed by atoms with Crippen molar-refractivity contribution >= 4 is 33.7 Å². The Labute approximate surface area is 183 Å². The Bertz CT molecular complexity index is 851. The number of nitrogens with one attached hydrogen (secondary N) is 1. The van der Waals surface area contributed by atoms with Crippen LogP contribution in [0.25, 0.3) is 0 Å². The monoisotopic (exact) mass is 477 g/mol. The summed E-state index contributed by atoms with van der Waals surface area (Å²) in [5.41, 5.74) is 1.23. The van der Waals surface area contributed by atoms with E-state index in [4.69, 9.17) is 14.6 Å². The third-order valence-corrected chi connectivity index (χ3v) is 4.67. The number of aliphatic carboxylic acids is 1. The number of anilines is 1. The third kappa shape index (κ3) is 7.88. The number of ether oxygens (including phenoxy) is 2. The first-order valence-corrected chi connectivity index (χ1v) is 10.2. The van der Waals surface area contributed by atoms with Crippen molar-refractivity contribution in [3.05, 3.63) is 70.7 Å². The second-order valence-corrected chi connectivity index (χ2v) is 7.28. The second-order valence-electron chi connectivity index (χ2n) is 6.36. The first-order chi connectivity index (χ1) is 14.4. The molecule has 0 aromatic heterocycles. The Morgan fingerprint density at radius 3 is 2.40 bits per heavy atom. The van der Waals surface area contributed by atoms with Crippen molar-refractivity contribution in [3.8, 4) is 5.75 Å². The molecule has 0 unspecified atom stereocenters. The normalized spacial score (nSPS) is 13.0. The number of amides is 1. The Balaban J connectivity index is 2.18. The number of carbonyl (C=O) groups excluding carboxylic acids is 1. The zero-order valence-electron chi connectivity index (χ0n) is 16.5. The molecule has 2 aromatic rings. The van der Waals surface area contributed by atoms with Gasteiger partial charge in [-0.25, -0.2) is 9.59 Å². The van der Waals surface area contributed by atoms with Gasteiger partial charge in [-0.2, -0.15) is 0 Å². The first kappa shape index (κ1) is 23.4. The van der Waals surface area contributed by atoms with E-state index < -0.39 is 24.3 Å². The number of carbonyl (C=O) groups is 2. The molecule has 7 nitrogen and oxygen atoms in total. The minimum absolute atomic E-state index is 0.0918. The van der Waals surface area contributed by atoms with Gasteiger partial charge in [0.15, 0.2) is 6.10 Å². The van der Waals surface area contributed by atoms with Crippen LogP contribution in [-0.4, -0.2) is 35.0 Å². The van der Waals surface area contributed by atoms with Gasteiger partial charge in [0.1, 0.15) is 5.75 Å². The van der Waals surface area contributed by atoms with Crippen molar-refractivity contribution in [2.45, 2.75) is 32.0 Å². The predicted octanol–water partition coefficient (Wildman–Crippen LogP) is 5.27. The Morgan fingerprint density at radius 1 is 1.13 bits per heavy atom. The summed E-state index contributed by atoms with van der Waals surface area (Å²) in [5, 5.41) is 21.0. The predicted molar refractivity (Wildman–Crippen MR) is 117 cm³/mol. The summed E-state index contributed by atoms with van der Waals surface area (Å²) in [6, 6.07) is 13.4. The van der Waals surface area contributed by atoms with Crippen molar-refractivity contribution < 1.29 is 29.3 Å². The van der Waals surface area contributed by atoms with Gasteiger partial charge >= 0.3 is 12.1 Å². The number of phenols is 1. The van der Waals surface area contributed by atoms with Crippen molar-refractivity contribution in [2.75, 3.05) is 11.9 Å². The first-order valence-electron chi connectivity index (χ1n) is 9.42. The van der Waals surface area contributed by atoms with Gasteiger partial charge in [-0.05, 0) is 61.7 Å². The molecule has 0 saturated heterocycles. The number of aromatic hydroxyl groups is 1. The third-order valence-electron chi connectivity index (χ3n) is 4.14. The van der Waals surface area contributed by atoms with Crippen LogP contribution in [0.4, 0.5) is 10.5 Å². The van der Waals surface area contributed by atoms with Crippen molar-refractivity contribution in [2.24, 2.45) is 0 Å². The van der Waals surface area contributed by atoms with Crippen molar-refractivity contribution in [3.63, 3.8) is 0 Å². The van der Waals surface area contributed by atoms with Gasteiger partial charge in [0, 0.05) is 22.8 Å². The van der Waals surface area contributed by atoms with Crippen LogP contribution in [0, 0.1) is 0 Å². The molecule has 0 radical (unpaired) electrons. The maximum atomic E-state index is 12.5. The van der Waals surface area contributed by atoms with E-state index >= 15 is 0 Å². The maximum absolute atomic E-state index is 12.5. The number of halogens is 1. The van der Waals surface area contributed by atoms with E-state index in [0.717, 1.165) is 10.5 Å². The molecule has 2 atom stereocenters. The lowest BCUT2D eigenvalue weighted by Gasteiger charge is -2.27. The number of rotatable bonds is 10. The Hall–Kier alpha value is -2.84. The molecule has 3 N–H and O–H groups in total. The minimum Gasteiger partial charge on any atom is -0.508 e. The largest absolute Gasteiger partial charge is 0.508 e. The molecular formula is C22H24BrNO6. The van der Waals surface area contributed by atoms with Crippen LogP contribution in [0.3, 0.4) is 0 Å². The summed E-state index contributed by atoms with van der Waals surface area (Å²) in [5.74, 6) is -0.933. The SMILES string of the molecule is CCO[C@@H](CC/C=C/C(=O)O)[C@@H](OC(=O)Nc1ccc(Br)cc1)c1ccc(O)cc1. The number of carboxylic acid groups (broad SMARTS) is 1. The van der Waals surface area contributed by atoms with E-state index in [0.29, 0.717) is 30.7 Å². The van der Waals surface area contributed by atoms with E-state index in [1.807, 2.05) is 6.92 Å². The number of allylic oxidation sites excluding steroid dienone is 1. The Morgan fingerprint density at radius 2 is 1.80 bits per heavy atom. The molecule has 0 aliphatic rings. The van der Waals surface area contributed by atoms with E-state index in [1.54, 1.807) is 36.4 Å². The average Bonchev–Trinajstić information content (AvgIpc) is 2.71. The summed E-state index contributed by atoms with van der Waals surface area (Å²) in [6.45, 7) is 2.22. The topological polar surface area (TPSA) is 105 Å². The number of carboxylic acids is 1. The van der Waals surface area contributed by atoms with E-state index in [1.165, 1.54) is 18.2 Å². The van der Waals surface area contributed by atoms with E-state index in [-0.39, 0.29) is 5.75 Å². The lowest BCUT2D eigenvalue weighted by Crippen LogP contribution is -2.29. The minimum atomic E-state index is -1.02. The second kappa shape index (κ2) is 12.0. The molecule has 2 aromatic carbocycles. The summed E-state index contributed by atoms with van der Waals surface area (Å²) in [7, 11) is 0. The smallest absolute Gasteiger partial charge is 0.412 e. The number of hydrogen-bond donors (Lipinski definition) is 3. The highest BCUT2D eigenvalue weighted by molar-refractivity contribution is 9.10. The zero-order valence-corrected chi connectivity index (χ0v) is 18.0. The molecule has 0 aliphatic carbocycles. The fourth-order valence-electron chi connectivity index (χ4n) is 2.80. The summed E-state index contributed by atoms with van der Waals surface area (Å²) < 4.78 is 12.4. The number of benzene rings is 2. The quantitative estimate of drug-likeness (QED) is 0.402. The van der Waals surface area contributed by atoms with Gasteiger partial charge in [-0.15, -0.1) is 0 Å². The van der Waals surface area contributed by atoms with Crippen molar-refractivity contribution in [1.29, 1.82) is 0 Å². The van der Waals surface area contributed by atoms with Crippen LogP contribution in [0.15, 0.2) is 65.2 Å². The average molecular weight is 478 g/mol. The molecule has 0 saturated carbocycles. The van der Waals surface area contributed by atoms with Gasteiger partial charge in [-0.1, -0.05) is 34.1 Å². The van der Waals surface area contributed by atoms with Crippen LogP contribution < -0.4 is 5.32 Å². The summed E-state index contributed by atoms with van der Waals surface area (Å²) in [6.07, 6.45) is 1.57. The zero-order chi connectivity index (χ0) is 21.9. The Kier molecular flexibility index (Phi) is 9.37. The molecule has 160 valence electrons. The van der Waals surface area contributed by atoms with Gasteiger partial charge in [0.2, 0.25) is 0 Å². The molecule has 30 heavy (non-hydrogen) atoms. The number of hydrogen-bond acceptors (Lipinski definition) is 5. The highest BCUT2D eigenvalue weighted by Gasteiger charge is 2.27. The summed E-state index contributed by atoms with van der Waals surface area (Å²) in [4.78, 5) is 23.2. The van der Waals surface area contributed by atoms with E-state index in [2.05, 4.69) is 21.2 Å². The summed E-state index contributed by atoms with van der Waals surface area (Å²) >= 11 is 3.34. The molecular weight excluding hydrogens is 454 g/mol. The maximum Gasteiger partial charge on any atom is 0.412 e. The van der Waals surface area contributed by atoms with Crippen LogP contribution >= 0.6 is 15.9 Å². The lowest BCUT2D eigenvalue weighted by molar-refractivity contribution is -0.131. The molecule has 2 rings (SSSR count).